The third-order valence-electron chi connectivity index (χ3n) is 27.1. The molecule has 6 unspecified atom stereocenters. The van der Waals surface area contributed by atoms with Crippen molar-refractivity contribution in [3.05, 3.63) is 48.6 Å². The quantitative estimate of drug-likeness (QED) is 0.213. The number of hydrogen-bond acceptors (Lipinski definition) is 4. The zero-order chi connectivity index (χ0) is 29.8. The van der Waals surface area contributed by atoms with Crippen molar-refractivity contribution in [2.75, 3.05) is 6.16 Å². The van der Waals surface area contributed by atoms with E-state index >= 15 is 0 Å². The van der Waals surface area contributed by atoms with E-state index in [9.17, 15) is 0 Å². The summed E-state index contributed by atoms with van der Waals surface area (Å²) in [5.74, 6) is 11.0. The molecule has 0 radical (unpaired) electrons. The zero-order valence-corrected chi connectivity index (χ0v) is 30.5. The average molecular weight is 703 g/mol. The van der Waals surface area contributed by atoms with E-state index in [0.29, 0.717) is 4.31 Å². The van der Waals surface area contributed by atoms with Crippen molar-refractivity contribution in [3.8, 4) is 0 Å². The van der Waals surface area contributed by atoms with Gasteiger partial charge in [0.25, 0.3) is 0 Å². The minimum atomic E-state index is -4.00. The molecule has 18 aliphatic rings. The Morgan fingerprint density at radius 1 is 0.596 bits per heavy atom. The van der Waals surface area contributed by atoms with Crippen LogP contribution in [0.3, 0.4) is 0 Å². The van der Waals surface area contributed by atoms with Gasteiger partial charge in [0.1, 0.15) is 0 Å². The zero-order valence-electron chi connectivity index (χ0n) is 27.3. The summed E-state index contributed by atoms with van der Waals surface area (Å²) in [6.07, 6.45) is 26.3. The van der Waals surface area contributed by atoms with E-state index in [1.54, 1.807) is 70.4 Å². The molecule has 2 aromatic rings. The van der Waals surface area contributed by atoms with Gasteiger partial charge in [0.05, 0.1) is 0 Å². The Hall–Kier alpha value is -0.461. The Morgan fingerprint density at radius 3 is 1.36 bits per heavy atom. The molecular formula is C40H48FeN4P2. The first-order valence-corrected chi connectivity index (χ1v) is 28.6. The Kier molecular flexibility index (Phi) is 2.14. The molecule has 7 heteroatoms. The predicted octanol–water partition coefficient (Wildman–Crippen LogP) is 9.65. The first kappa shape index (κ1) is 23.9. The van der Waals surface area contributed by atoms with E-state index in [2.05, 4.69) is 34.0 Å². The number of nitrogens with zero attached hydrogens (tertiary/aromatic N) is 4. The molecule has 47 heavy (non-hydrogen) atoms. The molecule has 6 atom stereocenters. The Balaban J connectivity index is 0.902. The minimum absolute atomic E-state index is 0.0608. The second-order valence-corrected chi connectivity index (χ2v) is 50.1. The molecule has 246 valence electrons. The molecule has 10 saturated heterocycles. The molecule has 20 rings (SSSR count). The molecule has 8 aliphatic carbocycles. The van der Waals surface area contributed by atoms with E-state index in [-0.39, 0.29) is 13.1 Å². The van der Waals surface area contributed by atoms with Gasteiger partial charge in [0.15, 0.2) is 0 Å². The Morgan fingerprint density at radius 2 is 1.00 bits per heavy atom. The predicted molar refractivity (Wildman–Crippen MR) is 183 cm³/mol. The summed E-state index contributed by atoms with van der Waals surface area (Å²) in [6.45, 7) is -4.00. The molecule has 18 fully saturated rings. The van der Waals surface area contributed by atoms with Crippen molar-refractivity contribution >= 4 is 17.2 Å². The van der Waals surface area contributed by atoms with Gasteiger partial charge in [0.2, 0.25) is 0 Å². The van der Waals surface area contributed by atoms with Gasteiger partial charge < -0.3 is 0 Å². The van der Waals surface area contributed by atoms with Crippen LogP contribution in [0.1, 0.15) is 75.9 Å². The molecule has 0 N–H and O–H groups in total. The summed E-state index contributed by atoms with van der Waals surface area (Å²) < 4.78 is 1.26. The molecule has 8 bridgehead atoms. The summed E-state index contributed by atoms with van der Waals surface area (Å²) in [6, 6.07) is 4.10. The molecule has 2 aromatic heterocycles. The molecule has 0 amide bonds. The van der Waals surface area contributed by atoms with Crippen molar-refractivity contribution in [3.63, 3.8) is 0 Å². The van der Waals surface area contributed by atoms with E-state index in [0.717, 1.165) is 79.4 Å². The first-order valence-electron chi connectivity index (χ1n) is 20.1. The first-order chi connectivity index (χ1) is 22.8. The fourth-order valence-corrected chi connectivity index (χ4v) is 118. The Labute approximate surface area is 272 Å². The van der Waals surface area contributed by atoms with E-state index in [1.165, 1.54) is 33.7 Å². The number of aromatic nitrogens is 4. The van der Waals surface area contributed by atoms with Gasteiger partial charge in [-0.2, -0.15) is 0 Å². The van der Waals surface area contributed by atoms with E-state index < -0.39 is 6.51 Å². The molecule has 10 aliphatic heterocycles. The summed E-state index contributed by atoms with van der Waals surface area (Å²) in [5.41, 5.74) is 2.27. The van der Waals surface area contributed by atoms with Crippen molar-refractivity contribution in [1.29, 1.82) is 0 Å². The van der Waals surface area contributed by atoms with Crippen LogP contribution >= 0.6 is 17.2 Å². The number of hydrogen-bond donors (Lipinski definition) is 0. The third kappa shape index (κ3) is 0.781. The van der Waals surface area contributed by atoms with Gasteiger partial charge >= 0.3 is 274 Å². The molecular weight excluding hydrogens is 654 g/mol. The number of fused-ring (bicyclic) bond motifs is 10. The van der Waals surface area contributed by atoms with Crippen molar-refractivity contribution in [2.45, 2.75) is 128 Å². The van der Waals surface area contributed by atoms with Gasteiger partial charge in [-0.1, -0.05) is 0 Å². The normalized spacial score (nSPS) is 76.6. The van der Waals surface area contributed by atoms with Crippen molar-refractivity contribution in [1.82, 2.24) is 19.9 Å². The molecule has 0 aromatic carbocycles. The van der Waals surface area contributed by atoms with Gasteiger partial charge in [-0.25, -0.2) is 0 Å². The second-order valence-electron chi connectivity index (χ2n) is 23.4. The van der Waals surface area contributed by atoms with Crippen LogP contribution in [0.25, 0.3) is 0 Å². The SMILES string of the molecule is PC(c1ncccn1)(c1ncccn1)[C]12[CH]3[CH]4[CH]5[C]1(CP(C1C6CC7CC(C6)CC1C7)C1C6CC7CC(C6)CC1C7)[Fe]45321678[CH]2[CH]1[CH]6[CH]7[CH]28. The maximum absolute atomic E-state index is 5.24. The molecule has 1 spiro atoms. The second kappa shape index (κ2) is 4.21. The standard InChI is InChI=1S/C35H43N4P2.C5H5.Fe/c40-35(33-36-6-2-7-37-33,34-38-8-3-9-39-34)30-5-1-4-25(30)20-41(31-26-12-21-10-22(14-26)15-27(31)13-21)32-28-16-23-11-24(18-28)19-29(32)17-23;1-2-4-5-3-1;/h1-9,21-24,26-29,31-32H,10-20,40H2;1-5H;. The molecule has 4 nitrogen and oxygen atoms in total. The van der Waals surface area contributed by atoms with Crippen molar-refractivity contribution in [2.24, 2.45) is 47.3 Å². The maximum atomic E-state index is 5.24. The monoisotopic (exact) mass is 702 g/mol. The van der Waals surface area contributed by atoms with Crippen molar-refractivity contribution < 1.29 is 6.51 Å². The third-order valence-corrected chi connectivity index (χ3v) is 76.3. The fourth-order valence-electron chi connectivity index (χ4n) is 29.6. The summed E-state index contributed by atoms with van der Waals surface area (Å²) >= 11 is 0. The van der Waals surface area contributed by atoms with Crippen LogP contribution in [-0.2, 0) is 11.7 Å². The van der Waals surface area contributed by atoms with Gasteiger partial charge in [-0.05, 0) is 0 Å². The van der Waals surface area contributed by atoms with Crippen LogP contribution in [0.4, 0.5) is 0 Å². The Bertz CT molecular complexity index is 2160. The summed E-state index contributed by atoms with van der Waals surface area (Å²) in [4.78, 5) is 31.0. The summed E-state index contributed by atoms with van der Waals surface area (Å²) in [7, 11) is 3.68. The van der Waals surface area contributed by atoms with E-state index in [4.69, 9.17) is 19.9 Å². The fraction of sp³-hybridized carbons (Fsp3) is 0.800. The van der Waals surface area contributed by atoms with Crippen LogP contribution in [0.5, 0.6) is 0 Å². The van der Waals surface area contributed by atoms with Crippen LogP contribution < -0.4 is 0 Å². The molecule has 12 heterocycles. The topological polar surface area (TPSA) is 51.6 Å². The number of rotatable bonds is 7. The van der Waals surface area contributed by atoms with Gasteiger partial charge in [0, 0.05) is 0 Å². The van der Waals surface area contributed by atoms with Crippen LogP contribution in [0.2, 0.25) is 47.2 Å². The van der Waals surface area contributed by atoms with E-state index in [1.807, 2.05) is 12.1 Å². The average Bonchev–Trinajstić information content (AvgIpc) is 4.03. The molecule has 8 saturated carbocycles. The van der Waals surface area contributed by atoms with Crippen LogP contribution in [-0.4, -0.2) is 37.4 Å². The van der Waals surface area contributed by atoms with Gasteiger partial charge in [-0.3, -0.25) is 0 Å². The van der Waals surface area contributed by atoms with Gasteiger partial charge in [-0.15, -0.1) is 0 Å². The summed E-state index contributed by atoms with van der Waals surface area (Å²) in [5, 5.41) is -0.255. The van der Waals surface area contributed by atoms with Crippen LogP contribution in [0.15, 0.2) is 36.9 Å². The van der Waals surface area contributed by atoms with Crippen LogP contribution in [0, 0.1) is 47.3 Å².